The number of aromatic nitrogens is 2. The molecule has 2 aromatic carbocycles. The number of rotatable bonds is 8. The molecular formula is C25H28N4O2. The number of aryl methyl sites for hydroxylation is 1. The maximum Gasteiger partial charge on any atom is 0.255 e. The molecule has 1 aliphatic heterocycles. The lowest BCUT2D eigenvalue weighted by atomic mass is 10.0. The lowest BCUT2D eigenvalue weighted by Gasteiger charge is -2.15. The Balaban J connectivity index is 1.52. The quantitative estimate of drug-likeness (QED) is 0.567. The maximum atomic E-state index is 13.0. The van der Waals surface area contributed by atoms with E-state index >= 15 is 0 Å². The van der Waals surface area contributed by atoms with E-state index in [1.807, 2.05) is 47.4 Å². The van der Waals surface area contributed by atoms with Gasteiger partial charge in [-0.05, 0) is 37.0 Å². The van der Waals surface area contributed by atoms with Gasteiger partial charge in [-0.15, -0.1) is 0 Å². The lowest BCUT2D eigenvalue weighted by Crippen LogP contribution is -2.30. The van der Waals surface area contributed by atoms with Gasteiger partial charge in [-0.3, -0.25) is 9.59 Å². The molecule has 2 heterocycles. The van der Waals surface area contributed by atoms with Crippen LogP contribution in [0.4, 0.5) is 0 Å². The monoisotopic (exact) mass is 416 g/mol. The number of nitrogens with one attached hydrogen (secondary N) is 1. The van der Waals surface area contributed by atoms with Crippen LogP contribution in [0.25, 0.3) is 16.9 Å². The van der Waals surface area contributed by atoms with Crippen LogP contribution in [-0.4, -0.2) is 46.1 Å². The third-order valence-corrected chi connectivity index (χ3v) is 5.68. The van der Waals surface area contributed by atoms with Gasteiger partial charge in [-0.1, -0.05) is 49.4 Å². The van der Waals surface area contributed by atoms with Crippen molar-refractivity contribution in [3.8, 4) is 16.9 Å². The first-order chi connectivity index (χ1) is 15.2. The van der Waals surface area contributed by atoms with Crippen molar-refractivity contribution in [3.05, 3.63) is 71.9 Å². The summed E-state index contributed by atoms with van der Waals surface area (Å²) in [7, 11) is 0. The van der Waals surface area contributed by atoms with Gasteiger partial charge < -0.3 is 10.2 Å². The van der Waals surface area contributed by atoms with E-state index in [-0.39, 0.29) is 11.8 Å². The van der Waals surface area contributed by atoms with Gasteiger partial charge in [0.15, 0.2) is 0 Å². The largest absolute Gasteiger partial charge is 0.352 e. The first-order valence-corrected chi connectivity index (χ1v) is 11.0. The second kappa shape index (κ2) is 9.60. The van der Waals surface area contributed by atoms with Crippen molar-refractivity contribution in [1.29, 1.82) is 0 Å². The molecule has 4 rings (SSSR count). The van der Waals surface area contributed by atoms with Crippen LogP contribution in [0.2, 0.25) is 0 Å². The van der Waals surface area contributed by atoms with Crippen molar-refractivity contribution in [2.45, 2.75) is 32.6 Å². The molecule has 3 aromatic rings. The zero-order valence-corrected chi connectivity index (χ0v) is 17.9. The van der Waals surface area contributed by atoms with Gasteiger partial charge in [0.2, 0.25) is 5.91 Å². The van der Waals surface area contributed by atoms with Gasteiger partial charge in [0.25, 0.3) is 5.91 Å². The Kier molecular flexibility index (Phi) is 6.46. The summed E-state index contributed by atoms with van der Waals surface area (Å²) in [5, 5.41) is 7.74. The summed E-state index contributed by atoms with van der Waals surface area (Å²) >= 11 is 0. The highest BCUT2D eigenvalue weighted by Gasteiger charge is 2.20. The molecule has 0 aliphatic carbocycles. The molecule has 0 radical (unpaired) electrons. The fourth-order valence-electron chi connectivity index (χ4n) is 3.87. The van der Waals surface area contributed by atoms with Gasteiger partial charge in [-0.2, -0.15) is 5.10 Å². The number of likely N-dealkylation sites (tertiary alicyclic amines) is 1. The van der Waals surface area contributed by atoms with E-state index in [1.54, 1.807) is 10.9 Å². The number of carbonyl (C=O) groups excluding carboxylic acids is 2. The Morgan fingerprint density at radius 2 is 1.87 bits per heavy atom. The molecule has 160 valence electrons. The summed E-state index contributed by atoms with van der Waals surface area (Å²) in [4.78, 5) is 26.6. The van der Waals surface area contributed by atoms with Gasteiger partial charge in [0.05, 0.1) is 11.3 Å². The summed E-state index contributed by atoms with van der Waals surface area (Å²) in [5.74, 6) is 0.0674. The van der Waals surface area contributed by atoms with Gasteiger partial charge >= 0.3 is 0 Å². The Labute approximate surface area is 182 Å². The number of nitrogens with zero attached hydrogens (tertiary/aromatic N) is 3. The van der Waals surface area contributed by atoms with Crippen LogP contribution in [0.5, 0.6) is 0 Å². The minimum Gasteiger partial charge on any atom is -0.352 e. The van der Waals surface area contributed by atoms with Crippen LogP contribution < -0.4 is 5.32 Å². The Morgan fingerprint density at radius 3 is 2.55 bits per heavy atom. The first kappa shape index (κ1) is 20.8. The van der Waals surface area contributed by atoms with E-state index in [1.165, 1.54) is 5.56 Å². The summed E-state index contributed by atoms with van der Waals surface area (Å²) in [6, 6.07) is 18.0. The summed E-state index contributed by atoms with van der Waals surface area (Å²) in [6.07, 6.45) is 5.07. The normalized spacial score (nSPS) is 13.6. The standard InChI is InChI=1S/C25H28N4O2/c1-2-19-11-13-20(14-12-19)24-22(18-29(27-24)21-8-4-3-5-9-21)25(31)26-15-7-17-28-16-6-10-23(28)30/h3-5,8-9,11-14,18H,2,6-7,10,15-17H2,1H3,(H,26,31). The van der Waals surface area contributed by atoms with E-state index in [4.69, 9.17) is 5.10 Å². The average Bonchev–Trinajstić information content (AvgIpc) is 3.44. The summed E-state index contributed by atoms with van der Waals surface area (Å²) < 4.78 is 1.75. The predicted molar refractivity (Wildman–Crippen MR) is 121 cm³/mol. The topological polar surface area (TPSA) is 67.2 Å². The average molecular weight is 417 g/mol. The molecule has 1 N–H and O–H groups in total. The zero-order valence-electron chi connectivity index (χ0n) is 17.9. The van der Waals surface area contributed by atoms with Crippen molar-refractivity contribution in [1.82, 2.24) is 20.0 Å². The number of hydrogen-bond acceptors (Lipinski definition) is 3. The fourth-order valence-corrected chi connectivity index (χ4v) is 3.87. The van der Waals surface area contributed by atoms with E-state index in [2.05, 4.69) is 24.4 Å². The minimum absolute atomic E-state index is 0.149. The molecule has 31 heavy (non-hydrogen) atoms. The van der Waals surface area contributed by atoms with Crippen LogP contribution in [0, 0.1) is 0 Å². The second-order valence-electron chi connectivity index (χ2n) is 7.82. The van der Waals surface area contributed by atoms with Crippen LogP contribution in [0.1, 0.15) is 42.1 Å². The lowest BCUT2D eigenvalue weighted by molar-refractivity contribution is -0.127. The molecule has 0 bridgehead atoms. The van der Waals surface area contributed by atoms with E-state index in [0.717, 1.165) is 37.1 Å². The fraction of sp³-hybridized carbons (Fsp3) is 0.320. The maximum absolute atomic E-state index is 13.0. The van der Waals surface area contributed by atoms with E-state index < -0.39 is 0 Å². The van der Waals surface area contributed by atoms with Gasteiger partial charge in [0.1, 0.15) is 5.69 Å². The molecule has 0 unspecified atom stereocenters. The van der Waals surface area contributed by atoms with Crippen LogP contribution in [-0.2, 0) is 11.2 Å². The molecule has 1 saturated heterocycles. The van der Waals surface area contributed by atoms with Crippen LogP contribution in [0.3, 0.4) is 0 Å². The molecule has 2 amide bonds. The molecule has 1 aromatic heterocycles. The Bertz CT molecular complexity index is 1040. The Morgan fingerprint density at radius 1 is 1.10 bits per heavy atom. The van der Waals surface area contributed by atoms with Crippen molar-refractivity contribution in [2.75, 3.05) is 19.6 Å². The number of para-hydroxylation sites is 1. The third-order valence-electron chi connectivity index (χ3n) is 5.68. The van der Waals surface area contributed by atoms with Crippen molar-refractivity contribution in [2.24, 2.45) is 0 Å². The minimum atomic E-state index is -0.149. The van der Waals surface area contributed by atoms with Crippen LogP contribution >= 0.6 is 0 Å². The molecule has 0 atom stereocenters. The SMILES string of the molecule is CCc1ccc(-c2nn(-c3ccccc3)cc2C(=O)NCCCN2CCCC2=O)cc1. The van der Waals surface area contributed by atoms with Crippen molar-refractivity contribution in [3.63, 3.8) is 0 Å². The van der Waals surface area contributed by atoms with Crippen molar-refractivity contribution >= 4 is 11.8 Å². The second-order valence-corrected chi connectivity index (χ2v) is 7.82. The number of carbonyl (C=O) groups is 2. The number of benzene rings is 2. The third kappa shape index (κ3) is 4.85. The molecule has 1 fully saturated rings. The van der Waals surface area contributed by atoms with Gasteiger partial charge in [0, 0.05) is 37.8 Å². The number of amides is 2. The smallest absolute Gasteiger partial charge is 0.255 e. The van der Waals surface area contributed by atoms with E-state index in [0.29, 0.717) is 30.8 Å². The molecule has 0 saturated carbocycles. The van der Waals surface area contributed by atoms with Crippen LogP contribution in [0.15, 0.2) is 60.8 Å². The highest BCUT2D eigenvalue weighted by atomic mass is 16.2. The molecule has 1 aliphatic rings. The summed E-state index contributed by atoms with van der Waals surface area (Å²) in [6.45, 7) is 4.16. The molecule has 6 nitrogen and oxygen atoms in total. The highest BCUT2D eigenvalue weighted by molar-refractivity contribution is 5.99. The van der Waals surface area contributed by atoms with E-state index in [9.17, 15) is 9.59 Å². The predicted octanol–water partition coefficient (Wildman–Crippen LogP) is 3.84. The van der Waals surface area contributed by atoms with Gasteiger partial charge in [-0.25, -0.2) is 4.68 Å². The first-order valence-electron chi connectivity index (χ1n) is 11.0. The number of hydrogen-bond donors (Lipinski definition) is 1. The zero-order chi connectivity index (χ0) is 21.6. The summed E-state index contributed by atoms with van der Waals surface area (Å²) in [5.41, 5.74) is 4.28. The molecular weight excluding hydrogens is 388 g/mol. The Hall–Kier alpha value is -3.41. The molecule has 0 spiro atoms. The molecule has 6 heteroatoms. The van der Waals surface area contributed by atoms with Crippen molar-refractivity contribution < 1.29 is 9.59 Å². The highest BCUT2D eigenvalue weighted by Crippen LogP contribution is 2.24.